The van der Waals surface area contributed by atoms with Crippen LogP contribution in [0.15, 0.2) is 41.2 Å². The van der Waals surface area contributed by atoms with Gasteiger partial charge in [0.1, 0.15) is 5.82 Å². The number of carbonyl (C=O) groups is 1. The first-order valence-corrected chi connectivity index (χ1v) is 9.04. The number of aromatic amines is 1. The topological polar surface area (TPSA) is 84.5 Å². The first kappa shape index (κ1) is 19.7. The molecule has 8 heteroatoms. The number of ether oxygens (including phenoxy) is 2. The fourth-order valence-electron chi connectivity index (χ4n) is 2.87. The molecule has 1 N–H and O–H groups in total. The summed E-state index contributed by atoms with van der Waals surface area (Å²) in [6.07, 6.45) is 0. The number of nitrogens with zero attached hydrogens (tertiary/aromatic N) is 2. The molecule has 0 saturated carbocycles. The molecule has 3 aromatic rings. The van der Waals surface area contributed by atoms with Gasteiger partial charge in [-0.2, -0.15) is 0 Å². The van der Waals surface area contributed by atoms with Gasteiger partial charge in [-0.05, 0) is 37.3 Å². The standard InChI is InChI=1S/C20H20ClN3O4/c1-4-24(20(26)12-5-7-13(21)8-6-12)11-18-22-15-10-17(28-3)16(27-2)9-14(15)19(25)23-18/h5-10H,4,11H2,1-3H3,(H,22,23,25). The molecular formula is C20H20ClN3O4. The number of halogens is 1. The maximum Gasteiger partial charge on any atom is 0.258 e. The van der Waals surface area contributed by atoms with E-state index in [0.29, 0.717) is 45.4 Å². The van der Waals surface area contributed by atoms with Gasteiger partial charge in [-0.3, -0.25) is 9.59 Å². The molecule has 0 bridgehead atoms. The number of benzene rings is 2. The fourth-order valence-corrected chi connectivity index (χ4v) is 3.00. The molecule has 0 aliphatic rings. The molecule has 0 atom stereocenters. The van der Waals surface area contributed by atoms with Gasteiger partial charge in [-0.15, -0.1) is 0 Å². The Bertz CT molecular complexity index is 1060. The molecule has 146 valence electrons. The zero-order valence-electron chi connectivity index (χ0n) is 15.8. The van der Waals surface area contributed by atoms with E-state index in [1.807, 2.05) is 6.92 Å². The monoisotopic (exact) mass is 401 g/mol. The average molecular weight is 402 g/mol. The maximum absolute atomic E-state index is 12.8. The van der Waals surface area contributed by atoms with Crippen molar-refractivity contribution in [1.82, 2.24) is 14.9 Å². The number of fused-ring (bicyclic) bond motifs is 1. The van der Waals surface area contributed by atoms with Gasteiger partial charge >= 0.3 is 0 Å². The average Bonchev–Trinajstić information content (AvgIpc) is 2.71. The van der Waals surface area contributed by atoms with Gasteiger partial charge in [0.05, 0.1) is 31.7 Å². The summed E-state index contributed by atoms with van der Waals surface area (Å²) >= 11 is 5.88. The number of H-pyrrole nitrogens is 1. The molecule has 0 fully saturated rings. The van der Waals surface area contributed by atoms with Crippen molar-refractivity contribution in [2.45, 2.75) is 13.5 Å². The molecule has 7 nitrogen and oxygen atoms in total. The zero-order chi connectivity index (χ0) is 20.3. The van der Waals surface area contributed by atoms with E-state index < -0.39 is 0 Å². The normalized spacial score (nSPS) is 10.7. The van der Waals surface area contributed by atoms with Gasteiger partial charge in [0.25, 0.3) is 11.5 Å². The van der Waals surface area contributed by atoms with Crippen LogP contribution in [-0.2, 0) is 6.54 Å². The predicted molar refractivity (Wildman–Crippen MR) is 107 cm³/mol. The maximum atomic E-state index is 12.8. The van der Waals surface area contributed by atoms with E-state index in [4.69, 9.17) is 21.1 Å². The van der Waals surface area contributed by atoms with Gasteiger partial charge in [0, 0.05) is 23.2 Å². The van der Waals surface area contributed by atoms with Crippen LogP contribution >= 0.6 is 11.6 Å². The van der Waals surface area contributed by atoms with Gasteiger partial charge < -0.3 is 19.4 Å². The van der Waals surface area contributed by atoms with Crippen molar-refractivity contribution in [3.63, 3.8) is 0 Å². The van der Waals surface area contributed by atoms with Crippen LogP contribution in [0.4, 0.5) is 0 Å². The lowest BCUT2D eigenvalue weighted by molar-refractivity contribution is 0.0748. The third kappa shape index (κ3) is 3.94. The first-order chi connectivity index (χ1) is 13.5. The Hall–Kier alpha value is -3.06. The highest BCUT2D eigenvalue weighted by molar-refractivity contribution is 6.30. The minimum atomic E-state index is -0.309. The van der Waals surface area contributed by atoms with Gasteiger partial charge in [0.2, 0.25) is 0 Å². The number of nitrogens with one attached hydrogen (secondary N) is 1. The van der Waals surface area contributed by atoms with E-state index in [1.54, 1.807) is 41.3 Å². The Labute approximate surface area is 166 Å². The van der Waals surface area contributed by atoms with Crippen LogP contribution in [0.2, 0.25) is 5.02 Å². The van der Waals surface area contributed by atoms with Crippen LogP contribution in [-0.4, -0.2) is 41.5 Å². The third-order valence-corrected chi connectivity index (χ3v) is 4.61. The second-order valence-corrected chi connectivity index (χ2v) is 6.50. The molecule has 0 spiro atoms. The van der Waals surface area contributed by atoms with Crippen LogP contribution in [0, 0.1) is 0 Å². The summed E-state index contributed by atoms with van der Waals surface area (Å²) in [6, 6.07) is 9.89. The summed E-state index contributed by atoms with van der Waals surface area (Å²) in [4.78, 5) is 34.1. The molecule has 1 aromatic heterocycles. The largest absolute Gasteiger partial charge is 0.493 e. The van der Waals surface area contributed by atoms with Crippen LogP contribution in [0.1, 0.15) is 23.1 Å². The van der Waals surface area contributed by atoms with E-state index in [0.717, 1.165) is 0 Å². The summed E-state index contributed by atoms with van der Waals surface area (Å²) in [5.74, 6) is 1.13. The number of carbonyl (C=O) groups excluding carboxylic acids is 1. The van der Waals surface area contributed by atoms with Gasteiger partial charge in [-0.1, -0.05) is 11.6 Å². The summed E-state index contributed by atoms with van der Waals surface area (Å²) in [5, 5.41) is 0.943. The Kier molecular flexibility index (Phi) is 5.84. The lowest BCUT2D eigenvalue weighted by atomic mass is 10.2. The van der Waals surface area contributed by atoms with Crippen LogP contribution in [0.25, 0.3) is 10.9 Å². The van der Waals surface area contributed by atoms with E-state index in [1.165, 1.54) is 14.2 Å². The number of hydrogen-bond acceptors (Lipinski definition) is 5. The number of hydrogen-bond donors (Lipinski definition) is 1. The minimum absolute atomic E-state index is 0.164. The molecule has 0 unspecified atom stereocenters. The second-order valence-electron chi connectivity index (χ2n) is 6.06. The zero-order valence-corrected chi connectivity index (χ0v) is 16.5. The summed E-state index contributed by atoms with van der Waals surface area (Å²) in [7, 11) is 3.02. The summed E-state index contributed by atoms with van der Waals surface area (Å²) in [6.45, 7) is 2.48. The number of aromatic nitrogens is 2. The first-order valence-electron chi connectivity index (χ1n) is 8.66. The Balaban J connectivity index is 1.94. The molecule has 0 aliphatic heterocycles. The van der Waals surface area contributed by atoms with Crippen molar-refractivity contribution >= 4 is 28.4 Å². The van der Waals surface area contributed by atoms with Crippen molar-refractivity contribution in [3.8, 4) is 11.5 Å². The highest BCUT2D eigenvalue weighted by atomic mass is 35.5. The molecule has 0 radical (unpaired) electrons. The molecule has 1 amide bonds. The predicted octanol–water partition coefficient (Wildman–Crippen LogP) is 3.26. The van der Waals surface area contributed by atoms with Crippen molar-refractivity contribution in [2.24, 2.45) is 0 Å². The lowest BCUT2D eigenvalue weighted by Crippen LogP contribution is -2.31. The van der Waals surface area contributed by atoms with Crippen molar-refractivity contribution in [2.75, 3.05) is 20.8 Å². The van der Waals surface area contributed by atoms with Crippen molar-refractivity contribution in [3.05, 3.63) is 63.2 Å². The quantitative estimate of drug-likeness (QED) is 0.685. The fraction of sp³-hybridized carbons (Fsp3) is 0.250. The number of methoxy groups -OCH3 is 2. The molecule has 2 aromatic carbocycles. The Morgan fingerprint density at radius 3 is 2.39 bits per heavy atom. The lowest BCUT2D eigenvalue weighted by Gasteiger charge is -2.20. The summed E-state index contributed by atoms with van der Waals surface area (Å²) in [5.41, 5.74) is 0.670. The van der Waals surface area contributed by atoms with E-state index in [9.17, 15) is 9.59 Å². The van der Waals surface area contributed by atoms with E-state index >= 15 is 0 Å². The van der Waals surface area contributed by atoms with Gasteiger partial charge in [-0.25, -0.2) is 4.98 Å². The third-order valence-electron chi connectivity index (χ3n) is 4.36. The Morgan fingerprint density at radius 1 is 1.14 bits per heavy atom. The second kappa shape index (κ2) is 8.31. The SMILES string of the molecule is CCN(Cc1nc2cc(OC)c(OC)cc2c(=O)[nH]1)C(=O)c1ccc(Cl)cc1. The highest BCUT2D eigenvalue weighted by Gasteiger charge is 2.17. The summed E-state index contributed by atoms with van der Waals surface area (Å²) < 4.78 is 10.5. The number of amides is 1. The molecular weight excluding hydrogens is 382 g/mol. The molecule has 28 heavy (non-hydrogen) atoms. The molecule has 0 saturated heterocycles. The van der Waals surface area contributed by atoms with Crippen LogP contribution in [0.5, 0.6) is 11.5 Å². The van der Waals surface area contributed by atoms with Crippen molar-refractivity contribution < 1.29 is 14.3 Å². The van der Waals surface area contributed by atoms with Crippen LogP contribution in [0.3, 0.4) is 0 Å². The molecule has 1 heterocycles. The highest BCUT2D eigenvalue weighted by Crippen LogP contribution is 2.30. The van der Waals surface area contributed by atoms with Gasteiger partial charge in [0.15, 0.2) is 11.5 Å². The number of rotatable bonds is 6. The van der Waals surface area contributed by atoms with Crippen LogP contribution < -0.4 is 15.0 Å². The minimum Gasteiger partial charge on any atom is -0.493 e. The molecule has 3 rings (SSSR count). The Morgan fingerprint density at radius 2 is 1.79 bits per heavy atom. The smallest absolute Gasteiger partial charge is 0.258 e. The molecule has 0 aliphatic carbocycles. The van der Waals surface area contributed by atoms with E-state index in [-0.39, 0.29) is 18.0 Å². The van der Waals surface area contributed by atoms with E-state index in [2.05, 4.69) is 9.97 Å². The van der Waals surface area contributed by atoms with Crippen molar-refractivity contribution in [1.29, 1.82) is 0 Å².